The lowest BCUT2D eigenvalue weighted by Gasteiger charge is -2.21. The van der Waals surface area contributed by atoms with Gasteiger partial charge < -0.3 is 26.6 Å². The maximum Gasteiger partial charge on any atom is 0.252 e. The molecule has 530 valence electrons. The van der Waals surface area contributed by atoms with Crippen LogP contribution in [0.1, 0.15) is 472 Å². The monoisotopic (exact) mass is 1270 g/mol. The Morgan fingerprint density at radius 1 is 0.187 bits per heavy atom. The minimum Gasteiger partial charge on any atom is -0.352 e. The number of carbonyl (C=O) groups excluding carboxylic acids is 5. The Hall–Kier alpha value is -3.43. The minimum atomic E-state index is -0.597. The second-order valence-corrected chi connectivity index (χ2v) is 27.8. The fourth-order valence-electron chi connectivity index (χ4n) is 13.0. The molecule has 10 heteroatoms. The van der Waals surface area contributed by atoms with E-state index in [-0.39, 0.29) is 27.8 Å². The van der Waals surface area contributed by atoms with Gasteiger partial charge in [-0.05, 0) is 38.2 Å². The zero-order valence-electron chi connectivity index (χ0n) is 61.1. The van der Waals surface area contributed by atoms with Crippen molar-refractivity contribution in [3.05, 3.63) is 33.9 Å². The third-order valence-electron chi connectivity index (χ3n) is 19.1. The van der Waals surface area contributed by atoms with E-state index in [1.54, 1.807) is 0 Å². The Morgan fingerprint density at radius 3 is 0.484 bits per heavy atom. The molecule has 91 heavy (non-hydrogen) atoms. The van der Waals surface area contributed by atoms with Gasteiger partial charge in [-0.3, -0.25) is 24.0 Å². The van der Waals surface area contributed by atoms with Gasteiger partial charge >= 0.3 is 0 Å². The zero-order valence-corrected chi connectivity index (χ0v) is 61.1. The molecule has 0 saturated heterocycles. The molecule has 0 atom stereocenters. The molecule has 10 nitrogen and oxygen atoms in total. The topological polar surface area (TPSA) is 146 Å². The normalized spacial score (nSPS) is 11.4. The molecular formula is C81H151N5O5. The van der Waals surface area contributed by atoms with E-state index in [4.69, 9.17) is 0 Å². The first kappa shape index (κ1) is 85.6. The standard InChI is InChI=1S/C81H151N5O5/c1-6-11-16-21-26-31-36-41-46-51-56-61-66-82-77(87)72-71-73(78(88)83-67-62-57-52-47-42-37-32-27-22-17-12-7-2)75(80(90)85-69-64-59-54-49-44-39-34-29-24-19-14-9-4)76(81(91)86-70-65-60-55-50-45-40-35-30-25-20-15-10-5)74(72)79(89)84-68-63-58-53-48-43-38-33-28-23-18-13-8-3/h71H,6-70H2,1-5H3,(H,82,87)(H,83,88)(H,84,89)(H,85,90)(H,86,91). The summed E-state index contributed by atoms with van der Waals surface area (Å²) in [5.74, 6) is -2.74. The number of amides is 5. The average molecular weight is 1280 g/mol. The molecule has 5 N–H and O–H groups in total. The maximum atomic E-state index is 15.2. The lowest BCUT2D eigenvalue weighted by atomic mass is 9.88. The molecule has 0 aliphatic rings. The van der Waals surface area contributed by atoms with E-state index < -0.39 is 29.5 Å². The van der Waals surface area contributed by atoms with E-state index in [0.29, 0.717) is 32.7 Å². The van der Waals surface area contributed by atoms with Crippen molar-refractivity contribution in [2.24, 2.45) is 0 Å². The number of unbranched alkanes of at least 4 members (excludes halogenated alkanes) is 55. The number of hydrogen-bond acceptors (Lipinski definition) is 5. The first-order chi connectivity index (χ1) is 44.8. The Kier molecular flexibility index (Phi) is 62.6. The average Bonchev–Trinajstić information content (AvgIpc) is 0.781. The van der Waals surface area contributed by atoms with Crippen molar-refractivity contribution >= 4 is 29.5 Å². The number of hydrogen-bond donors (Lipinski definition) is 5. The van der Waals surface area contributed by atoms with Crippen molar-refractivity contribution in [2.45, 2.75) is 420 Å². The number of nitrogens with one attached hydrogen (secondary N) is 5. The highest BCUT2D eigenvalue weighted by Gasteiger charge is 2.34. The van der Waals surface area contributed by atoms with Crippen molar-refractivity contribution in [3.63, 3.8) is 0 Å². The molecule has 1 aromatic carbocycles. The molecular weight excluding hydrogens is 1120 g/mol. The van der Waals surface area contributed by atoms with E-state index in [0.717, 1.165) is 116 Å². The second kappa shape index (κ2) is 66.6. The highest BCUT2D eigenvalue weighted by molar-refractivity contribution is 6.22. The fourth-order valence-corrected chi connectivity index (χ4v) is 13.0. The summed E-state index contributed by atoms with van der Waals surface area (Å²) in [4.78, 5) is 74.8. The summed E-state index contributed by atoms with van der Waals surface area (Å²) >= 11 is 0. The first-order valence-electron chi connectivity index (χ1n) is 40.4. The van der Waals surface area contributed by atoms with Crippen molar-refractivity contribution in [3.8, 4) is 0 Å². The number of carbonyl (C=O) groups is 5. The van der Waals surface area contributed by atoms with E-state index in [1.807, 2.05) is 0 Å². The summed E-state index contributed by atoms with van der Waals surface area (Å²) in [5, 5.41) is 15.6. The van der Waals surface area contributed by atoms with Crippen LogP contribution in [0.4, 0.5) is 0 Å². The van der Waals surface area contributed by atoms with Crippen molar-refractivity contribution in [1.29, 1.82) is 0 Å². The molecule has 0 saturated carbocycles. The summed E-state index contributed by atoms with van der Waals surface area (Å²) in [5.41, 5.74) is -0.478. The molecule has 0 spiro atoms. The molecule has 0 aromatic heterocycles. The summed E-state index contributed by atoms with van der Waals surface area (Å²) < 4.78 is 0. The third-order valence-corrected chi connectivity index (χ3v) is 19.1. The highest BCUT2D eigenvalue weighted by Crippen LogP contribution is 2.27. The largest absolute Gasteiger partial charge is 0.352 e. The van der Waals surface area contributed by atoms with Gasteiger partial charge in [-0.15, -0.1) is 0 Å². The van der Waals surface area contributed by atoms with Crippen LogP contribution in [0.15, 0.2) is 6.07 Å². The molecule has 0 aliphatic heterocycles. The molecule has 0 bridgehead atoms. The molecule has 1 aromatic rings. The van der Waals surface area contributed by atoms with Gasteiger partial charge in [0, 0.05) is 32.7 Å². The molecule has 0 radical (unpaired) electrons. The van der Waals surface area contributed by atoms with Crippen LogP contribution >= 0.6 is 0 Å². The van der Waals surface area contributed by atoms with E-state index in [2.05, 4.69) is 61.2 Å². The first-order valence-corrected chi connectivity index (χ1v) is 40.4. The van der Waals surface area contributed by atoms with E-state index in [1.165, 1.54) is 276 Å². The van der Waals surface area contributed by atoms with Crippen LogP contribution in [0, 0.1) is 0 Å². The molecule has 5 amide bonds. The predicted octanol–water partition coefficient (Wildman–Crippen LogP) is 23.8. The van der Waals surface area contributed by atoms with Gasteiger partial charge in [0.05, 0.1) is 27.8 Å². The zero-order chi connectivity index (χ0) is 66.0. The lowest BCUT2D eigenvalue weighted by Crippen LogP contribution is -2.39. The molecule has 0 fully saturated rings. The molecule has 1 rings (SSSR count). The van der Waals surface area contributed by atoms with Gasteiger partial charge in [-0.25, -0.2) is 0 Å². The molecule has 0 unspecified atom stereocenters. The van der Waals surface area contributed by atoms with Gasteiger partial charge in [0.2, 0.25) is 0 Å². The van der Waals surface area contributed by atoms with Crippen LogP contribution in [0.25, 0.3) is 0 Å². The van der Waals surface area contributed by atoms with Crippen LogP contribution in [0.3, 0.4) is 0 Å². The Morgan fingerprint density at radius 2 is 0.319 bits per heavy atom. The quantitative estimate of drug-likeness (QED) is 0.0413. The highest BCUT2D eigenvalue weighted by atomic mass is 16.2. The SMILES string of the molecule is CCCCCCCCCCCCCCNC(=O)c1cc(C(=O)NCCCCCCCCCCCCCC)c(C(=O)NCCCCCCCCCCCCCC)c(C(=O)NCCCCCCCCCCCCCC)c1C(=O)NCCCCCCCCCCCCCC. The Bertz CT molecular complexity index is 1750. The predicted molar refractivity (Wildman–Crippen MR) is 393 cm³/mol. The summed E-state index contributed by atoms with van der Waals surface area (Å²) in [6, 6.07) is 1.45. The fraction of sp³-hybridized carbons (Fsp3) is 0.864. The summed E-state index contributed by atoms with van der Waals surface area (Å²) in [6.45, 7) is 13.2. The number of rotatable bonds is 70. The van der Waals surface area contributed by atoms with Crippen LogP contribution in [-0.4, -0.2) is 62.3 Å². The molecule has 0 aliphatic carbocycles. The third kappa shape index (κ3) is 49.7. The Balaban J connectivity index is 3.57. The van der Waals surface area contributed by atoms with Gasteiger partial charge in [0.25, 0.3) is 29.5 Å². The van der Waals surface area contributed by atoms with Crippen LogP contribution in [0.2, 0.25) is 0 Å². The van der Waals surface area contributed by atoms with Crippen molar-refractivity contribution in [1.82, 2.24) is 26.6 Å². The van der Waals surface area contributed by atoms with Crippen LogP contribution in [-0.2, 0) is 0 Å². The minimum absolute atomic E-state index is 0.0327. The van der Waals surface area contributed by atoms with Crippen LogP contribution < -0.4 is 26.6 Å². The van der Waals surface area contributed by atoms with Crippen molar-refractivity contribution in [2.75, 3.05) is 32.7 Å². The van der Waals surface area contributed by atoms with E-state index in [9.17, 15) is 9.59 Å². The number of benzene rings is 1. The van der Waals surface area contributed by atoms with E-state index >= 15 is 14.4 Å². The Labute approximate surface area is 563 Å². The van der Waals surface area contributed by atoms with Gasteiger partial charge in [0.1, 0.15) is 0 Å². The summed E-state index contributed by atoms with van der Waals surface area (Å²) in [6.07, 6.45) is 71.8. The smallest absolute Gasteiger partial charge is 0.252 e. The second-order valence-electron chi connectivity index (χ2n) is 27.8. The molecule has 0 heterocycles. The van der Waals surface area contributed by atoms with Gasteiger partial charge in [0.15, 0.2) is 0 Å². The van der Waals surface area contributed by atoms with Gasteiger partial charge in [-0.2, -0.15) is 0 Å². The van der Waals surface area contributed by atoms with Crippen molar-refractivity contribution < 1.29 is 24.0 Å². The van der Waals surface area contributed by atoms with Gasteiger partial charge in [-0.1, -0.05) is 388 Å². The van der Waals surface area contributed by atoms with Crippen LogP contribution in [0.5, 0.6) is 0 Å². The summed E-state index contributed by atoms with van der Waals surface area (Å²) in [7, 11) is 0. The maximum absolute atomic E-state index is 15.2. The lowest BCUT2D eigenvalue weighted by molar-refractivity contribution is 0.0887.